The maximum absolute atomic E-state index is 12.3. The second-order valence-corrected chi connectivity index (χ2v) is 7.07. The highest BCUT2D eigenvalue weighted by atomic mass is 79.9. The number of hydrogen-bond acceptors (Lipinski definition) is 5. The zero-order valence-corrected chi connectivity index (χ0v) is 16.6. The van der Waals surface area contributed by atoms with Crippen LogP contribution in [0.15, 0.2) is 22.7 Å². The van der Waals surface area contributed by atoms with Crippen molar-refractivity contribution < 1.29 is 4.79 Å². The fraction of sp³-hybridized carbons (Fsp3) is 0.333. The third kappa shape index (κ3) is 3.76. The molecule has 7 nitrogen and oxygen atoms in total. The summed E-state index contributed by atoms with van der Waals surface area (Å²) in [5, 5.41) is 7.30. The summed E-state index contributed by atoms with van der Waals surface area (Å²) in [7, 11) is 0. The minimum absolute atomic E-state index is 0.0353. The van der Waals surface area contributed by atoms with Crippen molar-refractivity contribution in [3.05, 3.63) is 51.0 Å². The van der Waals surface area contributed by atoms with Gasteiger partial charge >= 0.3 is 0 Å². The van der Waals surface area contributed by atoms with Crippen LogP contribution in [0.2, 0.25) is 0 Å². The summed E-state index contributed by atoms with van der Waals surface area (Å²) in [6.45, 7) is 6.14. The van der Waals surface area contributed by atoms with Crippen LogP contribution in [-0.4, -0.2) is 25.5 Å². The lowest BCUT2D eigenvalue weighted by atomic mass is 10.1. The lowest BCUT2D eigenvalue weighted by Gasteiger charge is -2.11. The molecule has 0 unspecified atom stereocenters. The van der Waals surface area contributed by atoms with E-state index in [1.54, 1.807) is 4.52 Å². The highest BCUT2D eigenvalue weighted by molar-refractivity contribution is 9.10. The van der Waals surface area contributed by atoms with E-state index in [-0.39, 0.29) is 12.5 Å². The van der Waals surface area contributed by atoms with Crippen molar-refractivity contribution in [2.24, 2.45) is 5.73 Å². The van der Waals surface area contributed by atoms with Crippen LogP contribution in [0.3, 0.4) is 0 Å². The number of rotatable bonds is 5. The Balaban J connectivity index is 1.74. The van der Waals surface area contributed by atoms with Crippen molar-refractivity contribution in [2.75, 3.05) is 5.32 Å². The molecule has 0 fully saturated rings. The Morgan fingerprint density at radius 3 is 2.73 bits per heavy atom. The summed E-state index contributed by atoms with van der Waals surface area (Å²) < 4.78 is 2.71. The molecule has 0 atom stereocenters. The summed E-state index contributed by atoms with van der Waals surface area (Å²) in [6, 6.07) is 5.75. The number of nitrogens with one attached hydrogen (secondary N) is 1. The number of carbonyl (C=O) groups is 1. The maximum atomic E-state index is 12.3. The number of nitrogens with zero attached hydrogens (tertiary/aromatic N) is 4. The monoisotopic (exact) mass is 416 g/mol. The van der Waals surface area contributed by atoms with Gasteiger partial charge in [0.15, 0.2) is 5.82 Å². The van der Waals surface area contributed by atoms with Gasteiger partial charge in [-0.1, -0.05) is 15.9 Å². The normalized spacial score (nSPS) is 11.1. The predicted molar refractivity (Wildman–Crippen MR) is 104 cm³/mol. The summed E-state index contributed by atoms with van der Waals surface area (Å²) in [6.07, 6.45) is 0.947. The van der Waals surface area contributed by atoms with Crippen LogP contribution >= 0.6 is 15.9 Å². The van der Waals surface area contributed by atoms with Crippen molar-refractivity contribution in [3.8, 4) is 0 Å². The number of hydrogen-bond donors (Lipinski definition) is 2. The van der Waals surface area contributed by atoms with Crippen LogP contribution in [0.25, 0.3) is 5.78 Å². The van der Waals surface area contributed by atoms with Gasteiger partial charge in [-0.25, -0.2) is 9.50 Å². The van der Waals surface area contributed by atoms with Gasteiger partial charge in [-0.3, -0.25) is 4.79 Å². The van der Waals surface area contributed by atoms with Crippen LogP contribution in [0.4, 0.5) is 5.69 Å². The number of carbonyl (C=O) groups excluding carboxylic acids is 1. The van der Waals surface area contributed by atoms with Crippen LogP contribution in [0.5, 0.6) is 0 Å². The van der Waals surface area contributed by atoms with E-state index in [0.29, 0.717) is 24.4 Å². The average molecular weight is 417 g/mol. The number of fused-ring (bicyclic) bond motifs is 1. The van der Waals surface area contributed by atoms with Crippen LogP contribution in [-0.2, 0) is 17.8 Å². The van der Waals surface area contributed by atoms with E-state index >= 15 is 0 Å². The lowest BCUT2D eigenvalue weighted by Crippen LogP contribution is -2.14. The number of aromatic nitrogens is 4. The first-order valence-corrected chi connectivity index (χ1v) is 9.16. The van der Waals surface area contributed by atoms with E-state index < -0.39 is 0 Å². The zero-order valence-electron chi connectivity index (χ0n) is 15.0. The second kappa shape index (κ2) is 7.51. The molecule has 0 spiro atoms. The minimum Gasteiger partial charge on any atom is -0.326 e. The molecule has 0 saturated carbocycles. The van der Waals surface area contributed by atoms with Gasteiger partial charge in [0.1, 0.15) is 0 Å². The molecule has 1 amide bonds. The summed E-state index contributed by atoms with van der Waals surface area (Å²) in [5.41, 5.74) is 10.3. The molecule has 0 radical (unpaired) electrons. The van der Waals surface area contributed by atoms with E-state index in [1.807, 2.05) is 39.0 Å². The third-order valence-electron chi connectivity index (χ3n) is 4.32. The maximum Gasteiger partial charge on any atom is 0.252 e. The highest BCUT2D eigenvalue weighted by Crippen LogP contribution is 2.21. The van der Waals surface area contributed by atoms with E-state index in [4.69, 9.17) is 5.73 Å². The minimum atomic E-state index is -0.0353. The first kappa shape index (κ1) is 18.5. The quantitative estimate of drug-likeness (QED) is 0.665. The molecule has 136 valence electrons. The molecule has 2 heterocycles. The first-order chi connectivity index (χ1) is 12.4. The van der Waals surface area contributed by atoms with Crippen molar-refractivity contribution in [1.29, 1.82) is 0 Å². The fourth-order valence-electron chi connectivity index (χ4n) is 2.88. The van der Waals surface area contributed by atoms with Gasteiger partial charge in [0.05, 0.1) is 6.54 Å². The number of halogens is 1. The second-order valence-electron chi connectivity index (χ2n) is 6.22. The Kier molecular flexibility index (Phi) is 5.33. The number of aryl methyl sites for hydroxylation is 3. The van der Waals surface area contributed by atoms with E-state index in [0.717, 1.165) is 32.7 Å². The van der Waals surface area contributed by atoms with Crippen molar-refractivity contribution >= 4 is 33.3 Å². The van der Waals surface area contributed by atoms with Crippen molar-refractivity contribution in [1.82, 2.24) is 19.6 Å². The Labute approximate surface area is 160 Å². The zero-order chi connectivity index (χ0) is 18.8. The predicted octanol–water partition coefficient (Wildman–Crippen LogP) is 2.84. The Morgan fingerprint density at radius 2 is 2.04 bits per heavy atom. The smallest absolute Gasteiger partial charge is 0.252 e. The average Bonchev–Trinajstić information content (AvgIpc) is 3.01. The molecule has 0 saturated heterocycles. The molecular weight excluding hydrogens is 396 g/mol. The van der Waals surface area contributed by atoms with E-state index in [9.17, 15) is 4.79 Å². The van der Waals surface area contributed by atoms with Gasteiger partial charge in [-0.15, -0.1) is 5.10 Å². The van der Waals surface area contributed by atoms with Crippen LogP contribution < -0.4 is 11.1 Å². The van der Waals surface area contributed by atoms with Crippen molar-refractivity contribution in [2.45, 2.75) is 40.2 Å². The summed E-state index contributed by atoms with van der Waals surface area (Å²) >= 11 is 3.46. The lowest BCUT2D eigenvalue weighted by molar-refractivity contribution is -0.116. The highest BCUT2D eigenvalue weighted by Gasteiger charge is 2.14. The standard InChI is InChI=1S/C18H21BrN6O/c1-10-8-13(4-6-15(10)19)22-17(26)7-5-14-11(2)21-18-23-16(9-20)24-25(18)12(14)3/h4,6,8H,5,7,9,20H2,1-3H3,(H,22,26). The molecule has 0 bridgehead atoms. The molecule has 3 N–H and O–H groups in total. The van der Waals surface area contributed by atoms with Crippen LogP contribution in [0.1, 0.15) is 34.8 Å². The third-order valence-corrected chi connectivity index (χ3v) is 5.21. The van der Waals surface area contributed by atoms with Gasteiger partial charge in [0.25, 0.3) is 5.78 Å². The molecule has 3 aromatic rings. The fourth-order valence-corrected chi connectivity index (χ4v) is 3.13. The van der Waals surface area contributed by atoms with Crippen LogP contribution in [0, 0.1) is 20.8 Å². The number of benzene rings is 1. The SMILES string of the molecule is Cc1cc(NC(=O)CCc2c(C)nc3nc(CN)nn3c2C)ccc1Br. The van der Waals surface area contributed by atoms with Crippen molar-refractivity contribution in [3.63, 3.8) is 0 Å². The summed E-state index contributed by atoms with van der Waals surface area (Å²) in [4.78, 5) is 21.1. The molecule has 0 aliphatic heterocycles. The topological polar surface area (TPSA) is 98.2 Å². The number of anilines is 1. The molecule has 1 aromatic carbocycles. The van der Waals surface area contributed by atoms with E-state index in [1.165, 1.54) is 0 Å². The summed E-state index contributed by atoms with van der Waals surface area (Å²) in [5.74, 6) is 1.06. The molecule has 0 aliphatic carbocycles. The van der Waals surface area contributed by atoms with Gasteiger partial charge < -0.3 is 11.1 Å². The van der Waals surface area contributed by atoms with Gasteiger partial charge in [-0.05, 0) is 56.5 Å². The number of amides is 1. The molecule has 8 heteroatoms. The number of nitrogens with two attached hydrogens (primary N) is 1. The molecular formula is C18H21BrN6O. The molecule has 2 aromatic heterocycles. The molecule has 26 heavy (non-hydrogen) atoms. The van der Waals surface area contributed by atoms with E-state index in [2.05, 4.69) is 36.3 Å². The molecule has 3 rings (SSSR count). The van der Waals surface area contributed by atoms with Gasteiger partial charge in [0.2, 0.25) is 5.91 Å². The Morgan fingerprint density at radius 1 is 1.27 bits per heavy atom. The van der Waals surface area contributed by atoms with Gasteiger partial charge in [0, 0.05) is 28.0 Å². The van der Waals surface area contributed by atoms with Gasteiger partial charge in [-0.2, -0.15) is 4.98 Å². The Bertz CT molecular complexity index is 981. The largest absolute Gasteiger partial charge is 0.326 e. The molecule has 0 aliphatic rings. The first-order valence-electron chi connectivity index (χ1n) is 8.37. The Hall–Kier alpha value is -2.32.